The fraction of sp³-hybridized carbons (Fsp3) is 1.00. The van der Waals surface area contributed by atoms with Crippen LogP contribution >= 0.6 is 15.2 Å². The first kappa shape index (κ1) is 20.6. The van der Waals surface area contributed by atoms with E-state index in [-0.39, 0.29) is 59.1 Å². The molecule has 0 aromatic carbocycles. The molecule has 0 aromatic rings. The fourth-order valence-corrected chi connectivity index (χ4v) is 1.89. The van der Waals surface area contributed by atoms with Gasteiger partial charge in [0.05, 0.1) is 5.40 Å². The normalized spacial score (nSPS) is 17.6. The van der Waals surface area contributed by atoms with Crippen molar-refractivity contribution in [2.24, 2.45) is 0 Å². The molecule has 0 aromatic heterocycles. The molecule has 2 unspecified atom stereocenters. The van der Waals surface area contributed by atoms with E-state index in [1.807, 2.05) is 0 Å². The summed E-state index contributed by atoms with van der Waals surface area (Å²) in [5, 5.41) is 5.40. The third-order valence-electron chi connectivity index (χ3n) is 1.03. The van der Waals surface area contributed by atoms with Crippen LogP contribution in [0.2, 0.25) is 0 Å². The zero-order valence-corrected chi connectivity index (χ0v) is 13.2. The second-order valence-corrected chi connectivity index (χ2v) is 6.07. The Morgan fingerprint density at radius 1 is 1.23 bits per heavy atom. The van der Waals surface area contributed by atoms with E-state index in [4.69, 9.17) is 5.26 Å². The quantitative estimate of drug-likeness (QED) is 0.227. The van der Waals surface area contributed by atoms with Crippen LogP contribution in [0.1, 0.15) is 6.92 Å². The van der Waals surface area contributed by atoms with Crippen molar-refractivity contribution < 1.29 is 92.9 Å². The Bertz CT molecular complexity index is 225. The molecule has 0 fully saturated rings. The molecule has 0 aliphatic carbocycles. The van der Waals surface area contributed by atoms with Crippen LogP contribution in [-0.2, 0) is 13.8 Å². The minimum atomic E-state index is -5.26. The number of rotatable bonds is 3. The predicted molar refractivity (Wildman–Crippen MR) is 28.4 cm³/mol. The van der Waals surface area contributed by atoms with E-state index >= 15 is 0 Å². The summed E-state index contributed by atoms with van der Waals surface area (Å²) < 4.78 is 23.2. The average molecular weight is 249 g/mol. The Hall–Kier alpha value is 2.26. The fourth-order valence-electron chi connectivity index (χ4n) is 0.241. The first-order chi connectivity index (χ1) is 4.72. The van der Waals surface area contributed by atoms with E-state index < -0.39 is 20.6 Å². The summed E-state index contributed by atoms with van der Waals surface area (Å²) in [6.45, 7) is 0.616. The van der Waals surface area contributed by atoms with Crippen molar-refractivity contribution in [3.8, 4) is 0 Å². The SMILES string of the molecule is CC(P(=O)([O-])[O-])P(=O)([O-])OO.[Na+].[Na+]. The average Bonchev–Trinajstić information content (AvgIpc) is 1.84. The second kappa shape index (κ2) is 7.52. The van der Waals surface area contributed by atoms with Gasteiger partial charge >= 0.3 is 59.1 Å². The minimum absolute atomic E-state index is 0. The molecule has 0 spiro atoms. The van der Waals surface area contributed by atoms with Crippen LogP contribution in [0.15, 0.2) is 0 Å². The maximum absolute atomic E-state index is 10.3. The molecular weight excluding hydrogens is 244 g/mol. The van der Waals surface area contributed by atoms with Gasteiger partial charge < -0.3 is 23.8 Å². The Balaban J connectivity index is -0.000000500. The zero-order valence-electron chi connectivity index (χ0n) is 7.37. The van der Waals surface area contributed by atoms with E-state index in [0.717, 1.165) is 0 Å². The molecule has 0 bridgehead atoms. The van der Waals surface area contributed by atoms with E-state index in [9.17, 15) is 23.8 Å². The van der Waals surface area contributed by atoms with Crippen molar-refractivity contribution in [1.82, 2.24) is 0 Å². The van der Waals surface area contributed by atoms with Gasteiger partial charge in [-0.25, -0.2) is 5.26 Å². The molecule has 0 radical (unpaired) electrons. The van der Waals surface area contributed by atoms with Crippen molar-refractivity contribution in [3.05, 3.63) is 0 Å². The summed E-state index contributed by atoms with van der Waals surface area (Å²) >= 11 is 0. The molecule has 11 heteroatoms. The molecule has 7 nitrogen and oxygen atoms in total. The molecule has 2 atom stereocenters. The predicted octanol–water partition coefficient (Wildman–Crippen LogP) is -7.70. The molecule has 0 aliphatic heterocycles. The Morgan fingerprint density at radius 2 is 1.54 bits per heavy atom. The van der Waals surface area contributed by atoms with Gasteiger partial charge in [0.1, 0.15) is 0 Å². The van der Waals surface area contributed by atoms with E-state index in [0.29, 0.717) is 6.92 Å². The smallest absolute Gasteiger partial charge is 0.810 e. The Kier molecular flexibility index (Phi) is 11.9. The van der Waals surface area contributed by atoms with Crippen LogP contribution in [0.4, 0.5) is 0 Å². The first-order valence-corrected chi connectivity index (χ1v) is 5.60. The summed E-state index contributed by atoms with van der Waals surface area (Å²) in [6, 6.07) is 0. The van der Waals surface area contributed by atoms with Crippen molar-refractivity contribution >= 4 is 15.2 Å². The Labute approximate surface area is 119 Å². The molecule has 0 heterocycles. The summed E-state index contributed by atoms with van der Waals surface area (Å²) in [6.07, 6.45) is 0. The van der Waals surface area contributed by atoms with Crippen LogP contribution in [0.3, 0.4) is 0 Å². The molecule has 0 saturated carbocycles. The van der Waals surface area contributed by atoms with Crippen molar-refractivity contribution in [2.75, 3.05) is 0 Å². The van der Waals surface area contributed by atoms with Crippen LogP contribution in [0.5, 0.6) is 0 Å². The standard InChI is InChI=1S/C2H8O7P2.2Na/c1-2(10(4,5)6)11(7,8)9-3;;/h2-3H,1H3,(H,7,8)(H2,4,5,6);;/q;2*+1/p-3. The van der Waals surface area contributed by atoms with Gasteiger partial charge in [-0.15, -0.1) is 0 Å². The van der Waals surface area contributed by atoms with Gasteiger partial charge in [-0.05, 0) is 6.92 Å². The maximum atomic E-state index is 10.3. The van der Waals surface area contributed by atoms with Crippen LogP contribution < -0.4 is 73.8 Å². The molecule has 1 N–H and O–H groups in total. The number of hydrogen-bond acceptors (Lipinski definition) is 7. The Morgan fingerprint density at radius 3 is 1.62 bits per heavy atom. The van der Waals surface area contributed by atoms with Crippen LogP contribution in [0.25, 0.3) is 0 Å². The van der Waals surface area contributed by atoms with E-state index in [2.05, 4.69) is 4.67 Å². The van der Waals surface area contributed by atoms with Gasteiger partial charge in [-0.2, -0.15) is 4.67 Å². The minimum Gasteiger partial charge on any atom is -0.810 e. The molecule has 0 aliphatic rings. The van der Waals surface area contributed by atoms with Crippen molar-refractivity contribution in [2.45, 2.75) is 12.3 Å². The van der Waals surface area contributed by atoms with Gasteiger partial charge in [0, 0.05) is 0 Å². The van der Waals surface area contributed by atoms with Gasteiger partial charge in [-0.1, -0.05) is 7.60 Å². The largest absolute Gasteiger partial charge is 1.00 e. The van der Waals surface area contributed by atoms with Crippen LogP contribution in [-0.4, -0.2) is 10.7 Å². The number of hydrogen-bond donors (Lipinski definition) is 1. The zero-order chi connectivity index (χ0) is 9.28. The maximum Gasteiger partial charge on any atom is 1.00 e. The monoisotopic (exact) mass is 249 g/mol. The second-order valence-electron chi connectivity index (χ2n) is 1.79. The van der Waals surface area contributed by atoms with E-state index in [1.165, 1.54) is 0 Å². The third kappa shape index (κ3) is 7.19. The topological polar surface area (TPSA) is 133 Å². The van der Waals surface area contributed by atoms with Gasteiger partial charge in [0.25, 0.3) is 0 Å². The molecule has 0 rings (SSSR count). The first-order valence-electron chi connectivity index (χ1n) is 2.37. The summed E-state index contributed by atoms with van der Waals surface area (Å²) in [4.78, 5) is 30.4. The molecule has 0 amide bonds. The molecule has 68 valence electrons. The van der Waals surface area contributed by atoms with Crippen LogP contribution in [0, 0.1) is 0 Å². The van der Waals surface area contributed by atoms with Gasteiger partial charge in [0.15, 0.2) is 7.60 Å². The van der Waals surface area contributed by atoms with Crippen molar-refractivity contribution in [3.63, 3.8) is 0 Å². The summed E-state index contributed by atoms with van der Waals surface area (Å²) in [5.41, 5.74) is 0. The third-order valence-corrected chi connectivity index (χ3v) is 4.78. The molecular formula is C2H5Na2O7P2-. The van der Waals surface area contributed by atoms with Gasteiger partial charge in [0.2, 0.25) is 0 Å². The summed E-state index contributed by atoms with van der Waals surface area (Å²) in [5.74, 6) is 0. The van der Waals surface area contributed by atoms with Gasteiger partial charge in [-0.3, -0.25) is 0 Å². The molecule has 0 saturated heterocycles. The van der Waals surface area contributed by atoms with E-state index in [1.54, 1.807) is 0 Å². The summed E-state index contributed by atoms with van der Waals surface area (Å²) in [7, 11) is -10.2. The van der Waals surface area contributed by atoms with Crippen molar-refractivity contribution in [1.29, 1.82) is 0 Å². The molecule has 13 heavy (non-hydrogen) atoms.